The van der Waals surface area contributed by atoms with Crippen molar-refractivity contribution in [3.8, 4) is 11.5 Å². The van der Waals surface area contributed by atoms with Crippen LogP contribution in [0.3, 0.4) is 0 Å². The third kappa shape index (κ3) is 3.96. The molecule has 0 aromatic heterocycles. The summed E-state index contributed by atoms with van der Waals surface area (Å²) in [6.45, 7) is 0. The third-order valence-electron chi connectivity index (χ3n) is 7.34. The number of para-hydroxylation sites is 1. The second kappa shape index (κ2) is 9.77. The molecule has 1 spiro atoms. The average Bonchev–Trinajstić information content (AvgIpc) is 3.55. The first-order chi connectivity index (χ1) is 19.6. The number of rotatable bonds is 4. The summed E-state index contributed by atoms with van der Waals surface area (Å²) in [4.78, 5) is 16.3. The number of fused-ring (bicyclic) bond motifs is 4. The average molecular weight is 566 g/mol. The van der Waals surface area contributed by atoms with Gasteiger partial charge in [0, 0.05) is 17.0 Å². The summed E-state index contributed by atoms with van der Waals surface area (Å²) in [6.07, 6.45) is 2.64. The van der Waals surface area contributed by atoms with E-state index in [1.54, 1.807) is 12.0 Å². The summed E-state index contributed by atoms with van der Waals surface area (Å²) in [7, 11) is 1.64. The lowest BCUT2D eigenvalue weighted by Gasteiger charge is -2.49. The molecule has 3 aliphatic rings. The van der Waals surface area contributed by atoms with Gasteiger partial charge in [-0.2, -0.15) is 5.10 Å². The SMILES string of the molecule is COc1ccc(/C=C2\SC(=O)N(c3ccccc3)C23Oc2ccc(Cl)cc2C2CC(c4ccccc4)=NN23)cc1. The van der Waals surface area contributed by atoms with E-state index < -0.39 is 5.85 Å². The molecule has 2 unspecified atom stereocenters. The minimum atomic E-state index is -1.34. The normalized spacial score (nSPS) is 22.2. The maximum Gasteiger partial charge on any atom is 0.321 e. The molecule has 3 aliphatic heterocycles. The van der Waals surface area contributed by atoms with E-state index in [4.69, 9.17) is 26.2 Å². The van der Waals surface area contributed by atoms with Gasteiger partial charge in [0.2, 0.25) is 0 Å². The standard InChI is InChI=1S/C32H24ClN3O3S/c1-38-25-15-12-21(13-16-25)18-30-32(35(31(37)40-30)24-10-6-3-7-11-24)36-28(26-19-23(33)14-17-29(26)39-32)20-27(34-36)22-8-4-2-5-9-22/h2-19,28H,20H2,1H3/b30-18-. The molecule has 4 aromatic rings. The Morgan fingerprint density at radius 3 is 2.45 bits per heavy atom. The number of hydrazone groups is 1. The van der Waals surface area contributed by atoms with Gasteiger partial charge in [-0.25, -0.2) is 9.91 Å². The smallest absolute Gasteiger partial charge is 0.321 e. The number of anilines is 1. The van der Waals surface area contributed by atoms with Crippen LogP contribution in [0.1, 0.15) is 29.2 Å². The van der Waals surface area contributed by atoms with Crippen molar-refractivity contribution >= 4 is 46.1 Å². The topological polar surface area (TPSA) is 54.4 Å². The molecule has 7 rings (SSSR count). The predicted molar refractivity (Wildman–Crippen MR) is 160 cm³/mol. The van der Waals surface area contributed by atoms with Crippen molar-refractivity contribution in [1.29, 1.82) is 0 Å². The molecule has 40 heavy (non-hydrogen) atoms. The summed E-state index contributed by atoms with van der Waals surface area (Å²) < 4.78 is 12.3. The van der Waals surface area contributed by atoms with Gasteiger partial charge in [-0.3, -0.25) is 4.79 Å². The molecular weight excluding hydrogens is 542 g/mol. The Hall–Kier alpha value is -4.20. The Bertz CT molecular complexity index is 1660. The third-order valence-corrected chi connectivity index (χ3v) is 8.54. The summed E-state index contributed by atoms with van der Waals surface area (Å²) in [5.41, 5.74) is 4.52. The highest BCUT2D eigenvalue weighted by Crippen LogP contribution is 2.57. The molecule has 0 N–H and O–H groups in total. The zero-order chi connectivity index (χ0) is 27.3. The minimum absolute atomic E-state index is 0.148. The summed E-state index contributed by atoms with van der Waals surface area (Å²) in [6, 6.07) is 32.9. The van der Waals surface area contributed by atoms with Gasteiger partial charge < -0.3 is 9.47 Å². The molecule has 0 saturated carbocycles. The van der Waals surface area contributed by atoms with Crippen LogP contribution in [-0.2, 0) is 0 Å². The van der Waals surface area contributed by atoms with Crippen LogP contribution in [0.4, 0.5) is 10.5 Å². The minimum Gasteiger partial charge on any atom is -0.497 e. The number of hydrogen-bond donors (Lipinski definition) is 0. The van der Waals surface area contributed by atoms with Crippen LogP contribution < -0.4 is 14.4 Å². The van der Waals surface area contributed by atoms with Gasteiger partial charge in [-0.15, -0.1) is 0 Å². The highest BCUT2D eigenvalue weighted by atomic mass is 35.5. The molecule has 4 aromatic carbocycles. The summed E-state index contributed by atoms with van der Waals surface area (Å²) in [5.74, 6) is 0.0896. The van der Waals surface area contributed by atoms with Gasteiger partial charge in [0.15, 0.2) is 0 Å². The molecule has 1 amide bonds. The Morgan fingerprint density at radius 1 is 1.00 bits per heavy atom. The van der Waals surface area contributed by atoms with E-state index in [9.17, 15) is 4.79 Å². The molecule has 1 saturated heterocycles. The van der Waals surface area contributed by atoms with E-state index in [1.165, 1.54) is 0 Å². The van der Waals surface area contributed by atoms with E-state index in [1.807, 2.05) is 102 Å². The lowest BCUT2D eigenvalue weighted by atomic mass is 9.95. The first-order valence-corrected chi connectivity index (χ1v) is 14.1. The van der Waals surface area contributed by atoms with Gasteiger partial charge in [0.1, 0.15) is 11.5 Å². The number of carbonyl (C=O) groups excluding carboxylic acids is 1. The van der Waals surface area contributed by atoms with E-state index in [0.29, 0.717) is 17.2 Å². The van der Waals surface area contributed by atoms with Crippen LogP contribution >= 0.6 is 23.4 Å². The highest BCUT2D eigenvalue weighted by molar-refractivity contribution is 8.17. The molecule has 0 radical (unpaired) electrons. The number of halogens is 1. The van der Waals surface area contributed by atoms with Crippen LogP contribution in [0.5, 0.6) is 11.5 Å². The molecule has 6 nitrogen and oxygen atoms in total. The number of benzene rings is 4. The van der Waals surface area contributed by atoms with Crippen LogP contribution in [0.15, 0.2) is 113 Å². The number of carbonyl (C=O) groups is 1. The molecule has 198 valence electrons. The van der Waals surface area contributed by atoms with Gasteiger partial charge in [0.25, 0.3) is 5.24 Å². The largest absolute Gasteiger partial charge is 0.497 e. The second-order valence-electron chi connectivity index (χ2n) is 9.69. The fourth-order valence-electron chi connectivity index (χ4n) is 5.49. The monoisotopic (exact) mass is 565 g/mol. The van der Waals surface area contributed by atoms with Crippen molar-refractivity contribution in [2.75, 3.05) is 12.0 Å². The quantitative estimate of drug-likeness (QED) is 0.251. The van der Waals surface area contributed by atoms with Gasteiger partial charge >= 0.3 is 5.85 Å². The van der Waals surface area contributed by atoms with Gasteiger partial charge in [0.05, 0.1) is 29.5 Å². The zero-order valence-electron chi connectivity index (χ0n) is 21.5. The number of thioether (sulfide) groups is 1. The maximum absolute atomic E-state index is 13.9. The zero-order valence-corrected chi connectivity index (χ0v) is 23.1. The van der Waals surface area contributed by atoms with E-state index in [0.717, 1.165) is 50.5 Å². The van der Waals surface area contributed by atoms with Crippen molar-refractivity contribution in [3.63, 3.8) is 0 Å². The van der Waals surface area contributed by atoms with Crippen molar-refractivity contribution in [1.82, 2.24) is 5.01 Å². The summed E-state index contributed by atoms with van der Waals surface area (Å²) >= 11 is 7.64. The van der Waals surface area contributed by atoms with Crippen LogP contribution in [-0.4, -0.2) is 28.9 Å². The highest BCUT2D eigenvalue weighted by Gasteiger charge is 2.63. The van der Waals surface area contributed by atoms with Gasteiger partial charge in [-0.1, -0.05) is 72.3 Å². The Kier molecular flexibility index (Phi) is 6.06. The maximum atomic E-state index is 13.9. The van der Waals surface area contributed by atoms with Crippen LogP contribution in [0, 0.1) is 0 Å². The second-order valence-corrected chi connectivity index (χ2v) is 11.1. The first kappa shape index (κ1) is 24.8. The number of nitrogens with zero attached hydrogens (tertiary/aromatic N) is 3. The summed E-state index contributed by atoms with van der Waals surface area (Å²) in [5, 5.41) is 7.61. The molecule has 2 atom stereocenters. The van der Waals surface area contributed by atoms with Crippen LogP contribution in [0.2, 0.25) is 5.02 Å². The Labute approximate surface area is 241 Å². The Balaban J connectivity index is 1.47. The number of methoxy groups -OCH3 is 1. The molecule has 3 heterocycles. The number of amides is 1. The lowest BCUT2D eigenvalue weighted by Crippen LogP contribution is -2.63. The van der Waals surface area contributed by atoms with E-state index in [-0.39, 0.29) is 11.3 Å². The number of ether oxygens (including phenoxy) is 2. The van der Waals surface area contributed by atoms with Crippen molar-refractivity contribution in [2.45, 2.75) is 18.3 Å². The number of hydrogen-bond acceptors (Lipinski definition) is 6. The fraction of sp³-hybridized carbons (Fsp3) is 0.125. The molecular formula is C32H24ClN3O3S. The van der Waals surface area contributed by atoms with Crippen LogP contribution in [0.25, 0.3) is 6.08 Å². The van der Waals surface area contributed by atoms with Crippen molar-refractivity contribution < 1.29 is 14.3 Å². The van der Waals surface area contributed by atoms with Gasteiger partial charge in [-0.05, 0) is 71.4 Å². The predicted octanol–water partition coefficient (Wildman–Crippen LogP) is 7.96. The molecule has 0 aliphatic carbocycles. The van der Waals surface area contributed by atoms with E-state index >= 15 is 0 Å². The Morgan fingerprint density at radius 2 is 1.73 bits per heavy atom. The van der Waals surface area contributed by atoms with E-state index in [2.05, 4.69) is 12.1 Å². The molecule has 8 heteroatoms. The fourth-order valence-corrected chi connectivity index (χ4v) is 6.74. The lowest BCUT2D eigenvalue weighted by molar-refractivity contribution is -0.0763. The first-order valence-electron chi connectivity index (χ1n) is 12.9. The van der Waals surface area contributed by atoms with Crippen molar-refractivity contribution in [3.05, 3.63) is 130 Å². The molecule has 1 fully saturated rings. The molecule has 0 bridgehead atoms. The van der Waals surface area contributed by atoms with Crippen molar-refractivity contribution in [2.24, 2.45) is 5.10 Å².